The van der Waals surface area contributed by atoms with Crippen LogP contribution in [0.5, 0.6) is 0 Å². The first-order chi connectivity index (χ1) is 5.74. The van der Waals surface area contributed by atoms with E-state index in [1.165, 1.54) is 11.8 Å². The fourth-order valence-electron chi connectivity index (χ4n) is 0.817. The van der Waals surface area contributed by atoms with E-state index in [1.807, 2.05) is 6.26 Å². The molecule has 0 saturated carbocycles. The molecule has 1 aliphatic heterocycles. The molecule has 0 aromatic heterocycles. The first kappa shape index (κ1) is 9.34. The van der Waals surface area contributed by atoms with E-state index < -0.39 is 6.04 Å². The first-order valence-electron chi connectivity index (χ1n) is 3.44. The van der Waals surface area contributed by atoms with Crippen molar-refractivity contribution in [3.05, 3.63) is 0 Å². The third-order valence-electron chi connectivity index (χ3n) is 1.35. The molecule has 2 N–H and O–H groups in total. The Balaban J connectivity index is 2.30. The van der Waals surface area contributed by atoms with Crippen LogP contribution in [0, 0.1) is 0 Å². The van der Waals surface area contributed by atoms with E-state index in [0.717, 1.165) is 0 Å². The number of carbonyl (C=O) groups is 2. The lowest BCUT2D eigenvalue weighted by atomic mass is 10.3. The summed E-state index contributed by atoms with van der Waals surface area (Å²) in [6.07, 6.45) is 1.82. The summed E-state index contributed by atoms with van der Waals surface area (Å²) in [5.41, 5.74) is 2.16. The third-order valence-corrected chi connectivity index (χ3v) is 1.90. The Morgan fingerprint density at radius 2 is 2.67 bits per heavy atom. The number of nitrogens with one attached hydrogen (secondary N) is 2. The van der Waals surface area contributed by atoms with Crippen LogP contribution in [0.3, 0.4) is 0 Å². The van der Waals surface area contributed by atoms with Gasteiger partial charge in [-0.1, -0.05) is 0 Å². The largest absolute Gasteiger partial charge is 0.341 e. The zero-order valence-corrected chi connectivity index (χ0v) is 7.44. The molecule has 1 heterocycles. The van der Waals surface area contributed by atoms with Gasteiger partial charge >= 0.3 is 0 Å². The van der Waals surface area contributed by atoms with E-state index >= 15 is 0 Å². The fourth-order valence-corrected chi connectivity index (χ4v) is 1.16. The third kappa shape index (κ3) is 2.38. The molecule has 12 heavy (non-hydrogen) atoms. The minimum absolute atomic E-state index is 0.145. The molecule has 1 aliphatic rings. The Labute approximate surface area is 74.2 Å². The van der Waals surface area contributed by atoms with Gasteiger partial charge in [0.1, 0.15) is 12.6 Å². The predicted octanol–water partition coefficient (Wildman–Crippen LogP) is -1.10. The molecule has 0 aromatic carbocycles. The van der Waals surface area contributed by atoms with Gasteiger partial charge in [-0.3, -0.25) is 14.4 Å². The summed E-state index contributed by atoms with van der Waals surface area (Å²) in [6.45, 7) is 0.207. The second-order valence-corrected chi connectivity index (χ2v) is 3.20. The van der Waals surface area contributed by atoms with Gasteiger partial charge in [-0.2, -0.15) is 11.8 Å². The van der Waals surface area contributed by atoms with Gasteiger partial charge in [0.15, 0.2) is 0 Å². The summed E-state index contributed by atoms with van der Waals surface area (Å²) in [4.78, 5) is 26.5. The first-order valence-corrected chi connectivity index (χ1v) is 4.83. The zero-order chi connectivity index (χ0) is 8.97. The molecule has 0 spiro atoms. The molecule has 2 amide bonds. The number of hydroxylamine groups is 1. The molecule has 1 fully saturated rings. The molecule has 6 heteroatoms. The number of carbonyl (C=O) groups excluding carboxylic acids is 2. The van der Waals surface area contributed by atoms with Crippen LogP contribution in [0.4, 0.5) is 0 Å². The maximum Gasteiger partial charge on any atom is 0.268 e. The van der Waals surface area contributed by atoms with Crippen molar-refractivity contribution in [2.45, 2.75) is 6.04 Å². The number of thioether (sulfide) groups is 1. The van der Waals surface area contributed by atoms with E-state index in [0.29, 0.717) is 5.75 Å². The van der Waals surface area contributed by atoms with Crippen LogP contribution < -0.4 is 10.8 Å². The standard InChI is InChI=1S/C6H10N2O3S/c1-12-3-5(9)7-4-2-11-8-6(4)10/h4H,2-3H2,1H3,(H,7,9)(H,8,10)/t4-/m1/s1. The quantitative estimate of drug-likeness (QED) is 0.592. The molecule has 5 nitrogen and oxygen atoms in total. The maximum atomic E-state index is 11.0. The lowest BCUT2D eigenvalue weighted by Gasteiger charge is -2.06. The second-order valence-electron chi connectivity index (χ2n) is 2.33. The van der Waals surface area contributed by atoms with Gasteiger partial charge < -0.3 is 5.32 Å². The van der Waals surface area contributed by atoms with Gasteiger partial charge in [0.05, 0.1) is 5.75 Å². The van der Waals surface area contributed by atoms with Crippen molar-refractivity contribution in [1.29, 1.82) is 0 Å². The van der Waals surface area contributed by atoms with Gasteiger partial charge in [-0.05, 0) is 6.26 Å². The topological polar surface area (TPSA) is 67.4 Å². The highest BCUT2D eigenvalue weighted by molar-refractivity contribution is 7.99. The molecule has 68 valence electrons. The van der Waals surface area contributed by atoms with Gasteiger partial charge in [0.2, 0.25) is 5.91 Å². The van der Waals surface area contributed by atoms with Crippen LogP contribution >= 0.6 is 11.8 Å². The van der Waals surface area contributed by atoms with E-state index in [4.69, 9.17) is 0 Å². The summed E-state index contributed by atoms with van der Waals surface area (Å²) < 4.78 is 0. The average molecular weight is 190 g/mol. The van der Waals surface area contributed by atoms with Crippen molar-refractivity contribution in [3.8, 4) is 0 Å². The molecule has 0 unspecified atom stereocenters. The SMILES string of the molecule is CSCC(=O)N[C@@H]1CONC1=O. The maximum absolute atomic E-state index is 11.0. The predicted molar refractivity (Wildman–Crippen MR) is 44.4 cm³/mol. The number of amides is 2. The molecule has 0 bridgehead atoms. The van der Waals surface area contributed by atoms with Crippen LogP contribution in [-0.2, 0) is 14.4 Å². The number of rotatable bonds is 3. The molecule has 0 radical (unpaired) electrons. The summed E-state index contributed by atoms with van der Waals surface area (Å²) in [5.74, 6) is -0.0679. The minimum atomic E-state index is -0.523. The molecular formula is C6H10N2O3S. The molecule has 1 atom stereocenters. The minimum Gasteiger partial charge on any atom is -0.341 e. The molecular weight excluding hydrogens is 180 g/mol. The van der Waals surface area contributed by atoms with Gasteiger partial charge in [0.25, 0.3) is 5.91 Å². The van der Waals surface area contributed by atoms with Crippen LogP contribution in [-0.4, -0.2) is 36.5 Å². The van der Waals surface area contributed by atoms with Gasteiger partial charge in [-0.15, -0.1) is 0 Å². The number of hydrogen-bond donors (Lipinski definition) is 2. The highest BCUT2D eigenvalue weighted by Gasteiger charge is 2.26. The Kier molecular flexibility index (Phi) is 3.36. The highest BCUT2D eigenvalue weighted by Crippen LogP contribution is 1.96. The molecule has 1 rings (SSSR count). The summed E-state index contributed by atoms with van der Waals surface area (Å²) in [6, 6.07) is -0.523. The zero-order valence-electron chi connectivity index (χ0n) is 6.62. The Bertz CT molecular complexity index is 197. The Morgan fingerprint density at radius 3 is 3.17 bits per heavy atom. The van der Waals surface area contributed by atoms with E-state index in [1.54, 1.807) is 0 Å². The van der Waals surface area contributed by atoms with Gasteiger partial charge in [-0.25, -0.2) is 5.48 Å². The van der Waals surface area contributed by atoms with Crippen molar-refractivity contribution in [1.82, 2.24) is 10.8 Å². The van der Waals surface area contributed by atoms with Crippen molar-refractivity contribution in [3.63, 3.8) is 0 Å². The van der Waals surface area contributed by atoms with Crippen molar-refractivity contribution < 1.29 is 14.4 Å². The van der Waals surface area contributed by atoms with Crippen molar-refractivity contribution in [2.24, 2.45) is 0 Å². The highest BCUT2D eigenvalue weighted by atomic mass is 32.2. The van der Waals surface area contributed by atoms with E-state index in [-0.39, 0.29) is 18.4 Å². The smallest absolute Gasteiger partial charge is 0.268 e. The summed E-state index contributed by atoms with van der Waals surface area (Å²) in [5, 5.41) is 2.53. The van der Waals surface area contributed by atoms with Crippen molar-refractivity contribution in [2.75, 3.05) is 18.6 Å². The lowest BCUT2D eigenvalue weighted by Crippen LogP contribution is -2.42. The Hall–Kier alpha value is -0.750. The van der Waals surface area contributed by atoms with Crippen LogP contribution in [0.1, 0.15) is 0 Å². The normalized spacial score (nSPS) is 22.1. The van der Waals surface area contributed by atoms with Crippen molar-refractivity contribution >= 4 is 23.6 Å². The van der Waals surface area contributed by atoms with Crippen LogP contribution in [0.2, 0.25) is 0 Å². The molecule has 0 aromatic rings. The van der Waals surface area contributed by atoms with E-state index in [2.05, 4.69) is 15.6 Å². The van der Waals surface area contributed by atoms with Gasteiger partial charge in [0, 0.05) is 0 Å². The molecule has 0 aliphatic carbocycles. The number of hydrogen-bond acceptors (Lipinski definition) is 4. The fraction of sp³-hybridized carbons (Fsp3) is 0.667. The Morgan fingerprint density at radius 1 is 1.92 bits per heavy atom. The lowest BCUT2D eigenvalue weighted by molar-refractivity contribution is -0.127. The second kappa shape index (κ2) is 4.32. The van der Waals surface area contributed by atoms with Crippen LogP contribution in [0.15, 0.2) is 0 Å². The molecule has 1 saturated heterocycles. The summed E-state index contributed by atoms with van der Waals surface area (Å²) in [7, 11) is 0. The monoisotopic (exact) mass is 190 g/mol. The van der Waals surface area contributed by atoms with E-state index in [9.17, 15) is 9.59 Å². The average Bonchev–Trinajstić information content (AvgIpc) is 2.37. The summed E-state index contributed by atoms with van der Waals surface area (Å²) >= 11 is 1.41. The van der Waals surface area contributed by atoms with Crippen LogP contribution in [0.25, 0.3) is 0 Å².